The highest BCUT2D eigenvalue weighted by atomic mass is 16.3. The fourth-order valence-corrected chi connectivity index (χ4v) is 5.82. The maximum atomic E-state index is 8.36. The molecule has 0 spiro atoms. The van der Waals surface area contributed by atoms with Crippen molar-refractivity contribution in [1.29, 1.82) is 0 Å². The average Bonchev–Trinajstić information content (AvgIpc) is 3.26. The van der Waals surface area contributed by atoms with Gasteiger partial charge in [-0.3, -0.25) is 14.5 Å². The van der Waals surface area contributed by atoms with Crippen molar-refractivity contribution >= 4 is 29.8 Å². The number of aromatic nitrogens is 3. The largest absolute Gasteiger partial charge is 0.483 e. The molecule has 10 heteroatoms. The minimum Gasteiger partial charge on any atom is -0.483 e. The van der Waals surface area contributed by atoms with Crippen molar-refractivity contribution in [2.75, 3.05) is 45.2 Å². The molecule has 0 radical (unpaired) electrons. The lowest BCUT2D eigenvalue weighted by Gasteiger charge is -2.57. The van der Waals surface area contributed by atoms with Crippen molar-refractivity contribution in [2.24, 2.45) is 11.8 Å². The summed E-state index contributed by atoms with van der Waals surface area (Å²) in [5.74, 6) is 2.63. The second kappa shape index (κ2) is 11.2. The highest BCUT2D eigenvalue weighted by Crippen LogP contribution is 2.42. The predicted molar refractivity (Wildman–Crippen MR) is 122 cm³/mol. The Labute approximate surface area is 188 Å². The van der Waals surface area contributed by atoms with E-state index in [9.17, 15) is 0 Å². The monoisotopic (exact) mass is 446 g/mol. The van der Waals surface area contributed by atoms with Gasteiger partial charge in [-0.05, 0) is 57.8 Å². The summed E-state index contributed by atoms with van der Waals surface area (Å²) in [5.41, 5.74) is 0.954. The smallest absolute Gasteiger partial charge is 0.290 e. The van der Waals surface area contributed by atoms with E-state index in [4.69, 9.17) is 24.8 Å². The van der Waals surface area contributed by atoms with Crippen LogP contribution < -0.4 is 4.90 Å². The van der Waals surface area contributed by atoms with E-state index in [-0.39, 0.29) is 12.9 Å². The lowest BCUT2D eigenvalue weighted by atomic mass is 9.72. The Morgan fingerprint density at radius 3 is 2.59 bits per heavy atom. The van der Waals surface area contributed by atoms with Gasteiger partial charge in [-0.25, -0.2) is 9.97 Å². The Morgan fingerprint density at radius 1 is 1.16 bits per heavy atom. The number of carboxylic acid groups (broad SMARTS) is 2. The molecule has 3 aliphatic rings. The highest BCUT2D eigenvalue weighted by molar-refractivity contribution is 5.87. The zero-order valence-corrected chi connectivity index (χ0v) is 18.8. The highest BCUT2D eigenvalue weighted by Gasteiger charge is 2.47. The number of carbonyl (C=O) groups is 2. The number of hydrogen-bond donors (Lipinski definition) is 3. The van der Waals surface area contributed by atoms with Gasteiger partial charge in [-0.1, -0.05) is 6.42 Å². The summed E-state index contributed by atoms with van der Waals surface area (Å²) in [6.45, 7) is 4.23. The van der Waals surface area contributed by atoms with Gasteiger partial charge >= 0.3 is 0 Å². The van der Waals surface area contributed by atoms with Crippen molar-refractivity contribution in [3.8, 4) is 0 Å². The number of nitrogens with one attached hydrogen (secondary N) is 1. The molecule has 3 saturated heterocycles. The first kappa shape index (κ1) is 23.9. The van der Waals surface area contributed by atoms with Gasteiger partial charge in [0, 0.05) is 37.9 Å². The van der Waals surface area contributed by atoms with Gasteiger partial charge in [0.2, 0.25) is 0 Å². The minimum atomic E-state index is -0.250. The molecular formula is C22H34N6O4. The fourth-order valence-electron chi connectivity index (χ4n) is 5.82. The van der Waals surface area contributed by atoms with Crippen LogP contribution in [0.3, 0.4) is 0 Å². The lowest BCUT2D eigenvalue weighted by Crippen LogP contribution is -2.65. The van der Waals surface area contributed by atoms with E-state index in [0.29, 0.717) is 6.04 Å². The van der Waals surface area contributed by atoms with Crippen molar-refractivity contribution in [1.82, 2.24) is 24.8 Å². The van der Waals surface area contributed by atoms with E-state index >= 15 is 0 Å². The minimum absolute atomic E-state index is 0.250. The van der Waals surface area contributed by atoms with E-state index in [1.807, 2.05) is 6.20 Å². The molecule has 10 nitrogen and oxygen atoms in total. The fraction of sp³-hybridized carbons (Fsp3) is 0.636. The normalized spacial score (nSPS) is 26.9. The summed E-state index contributed by atoms with van der Waals surface area (Å²) >= 11 is 0. The Morgan fingerprint density at radius 2 is 1.88 bits per heavy atom. The summed E-state index contributed by atoms with van der Waals surface area (Å²) in [6.07, 6.45) is 9.22. The Kier molecular flexibility index (Phi) is 8.40. The third-order valence-corrected chi connectivity index (χ3v) is 6.81. The summed E-state index contributed by atoms with van der Waals surface area (Å²) in [5, 5.41) is 14.9. The molecule has 5 rings (SSSR count). The molecule has 0 unspecified atom stereocenters. The number of anilines is 1. The van der Waals surface area contributed by atoms with Gasteiger partial charge in [0.1, 0.15) is 17.8 Å². The molecule has 0 saturated carbocycles. The predicted octanol–water partition coefficient (Wildman–Crippen LogP) is 1.60. The summed E-state index contributed by atoms with van der Waals surface area (Å²) in [6, 6.07) is 3.56. The molecule has 0 aromatic carbocycles. The zero-order chi connectivity index (χ0) is 23.1. The van der Waals surface area contributed by atoms with Gasteiger partial charge in [0.25, 0.3) is 12.9 Å². The first-order valence-electron chi connectivity index (χ1n) is 11.1. The summed E-state index contributed by atoms with van der Waals surface area (Å²) in [4.78, 5) is 36.9. The molecule has 3 aliphatic heterocycles. The van der Waals surface area contributed by atoms with E-state index < -0.39 is 0 Å². The van der Waals surface area contributed by atoms with E-state index in [0.717, 1.165) is 47.8 Å². The van der Waals surface area contributed by atoms with Crippen molar-refractivity contribution in [3.63, 3.8) is 0 Å². The van der Waals surface area contributed by atoms with Gasteiger partial charge in [-0.2, -0.15) is 0 Å². The van der Waals surface area contributed by atoms with Gasteiger partial charge < -0.3 is 25.0 Å². The standard InChI is InChI=1S/C20H30N6.2CH2O2/c1-24(2)12-18-15-9-14(17-5-3-4-8-26(17)18)10-25(11-15)20-16-6-7-21-19(16)22-13-23-20;2*2-1-3/h6-7,13-15,17-18H,3-5,8-12H2,1-2H3,(H,21,22,23);2*1H,(H,2,3)/t14-,15+,17+,18+;;/m1../s1. The maximum absolute atomic E-state index is 8.36. The third kappa shape index (κ3) is 5.18. The number of aromatic amines is 1. The third-order valence-electron chi connectivity index (χ3n) is 6.81. The van der Waals surface area contributed by atoms with Crippen LogP contribution in [0.2, 0.25) is 0 Å². The molecule has 4 atom stereocenters. The van der Waals surface area contributed by atoms with Crippen LogP contribution in [0.15, 0.2) is 18.6 Å². The molecule has 0 amide bonds. The average molecular weight is 447 g/mol. The molecular weight excluding hydrogens is 412 g/mol. The molecule has 32 heavy (non-hydrogen) atoms. The summed E-state index contributed by atoms with van der Waals surface area (Å²) in [7, 11) is 4.44. The second-order valence-corrected chi connectivity index (χ2v) is 8.94. The number of fused-ring (bicyclic) bond motifs is 5. The number of likely N-dealkylation sites (N-methyl/N-ethyl adjacent to an activating group) is 1. The first-order chi connectivity index (χ1) is 15.5. The molecule has 2 aromatic rings. The van der Waals surface area contributed by atoms with Crippen LogP contribution in [0.25, 0.3) is 11.0 Å². The second-order valence-electron chi connectivity index (χ2n) is 8.94. The number of rotatable bonds is 3. The van der Waals surface area contributed by atoms with Crippen LogP contribution in [-0.2, 0) is 9.59 Å². The maximum Gasteiger partial charge on any atom is 0.290 e. The zero-order valence-electron chi connectivity index (χ0n) is 18.8. The van der Waals surface area contributed by atoms with Crippen molar-refractivity contribution in [3.05, 3.63) is 18.6 Å². The van der Waals surface area contributed by atoms with Gasteiger partial charge in [0.15, 0.2) is 0 Å². The first-order valence-corrected chi connectivity index (χ1v) is 11.1. The van der Waals surface area contributed by atoms with Crippen LogP contribution in [0.5, 0.6) is 0 Å². The van der Waals surface area contributed by atoms with Crippen molar-refractivity contribution in [2.45, 2.75) is 37.8 Å². The summed E-state index contributed by atoms with van der Waals surface area (Å²) < 4.78 is 0. The molecule has 3 fully saturated rings. The number of H-pyrrole nitrogens is 1. The molecule has 2 bridgehead atoms. The van der Waals surface area contributed by atoms with Gasteiger partial charge in [0.05, 0.1) is 5.39 Å². The molecule has 3 N–H and O–H groups in total. The number of piperidine rings is 3. The Hall–Kier alpha value is -2.72. The Balaban J connectivity index is 0.000000437. The lowest BCUT2D eigenvalue weighted by molar-refractivity contribution is -0.123. The SMILES string of the molecule is CN(C)C[C@H]1[C@H]2C[C@H](CN(c3ncnc4[nH]ccc34)C2)[C@@H]2CCCCN21.O=CO.O=CO. The van der Waals surface area contributed by atoms with Crippen LogP contribution >= 0.6 is 0 Å². The van der Waals surface area contributed by atoms with Crippen LogP contribution in [0.1, 0.15) is 25.7 Å². The topological polar surface area (TPSA) is 126 Å². The van der Waals surface area contributed by atoms with Crippen molar-refractivity contribution < 1.29 is 19.8 Å². The van der Waals surface area contributed by atoms with Gasteiger partial charge in [-0.15, -0.1) is 0 Å². The van der Waals surface area contributed by atoms with Crippen LogP contribution in [0.4, 0.5) is 5.82 Å². The van der Waals surface area contributed by atoms with E-state index in [1.165, 1.54) is 38.8 Å². The molecule has 5 heterocycles. The van der Waals surface area contributed by atoms with Crippen LogP contribution in [-0.4, -0.2) is 100 Å². The molecule has 2 aromatic heterocycles. The quantitative estimate of drug-likeness (QED) is 0.603. The van der Waals surface area contributed by atoms with E-state index in [1.54, 1.807) is 6.33 Å². The molecule has 176 valence electrons. The molecule has 0 aliphatic carbocycles. The van der Waals surface area contributed by atoms with E-state index in [2.05, 4.69) is 44.8 Å². The number of nitrogens with zero attached hydrogens (tertiary/aromatic N) is 5. The Bertz CT molecular complexity index is 869. The number of hydrogen-bond acceptors (Lipinski definition) is 7. The van der Waals surface area contributed by atoms with Crippen LogP contribution in [0, 0.1) is 11.8 Å².